The molecule has 1 aliphatic carbocycles. The van der Waals surface area contributed by atoms with Crippen LogP contribution < -0.4 is 0 Å². The van der Waals surface area contributed by atoms with E-state index in [0.717, 1.165) is 38.6 Å². The molecule has 1 saturated carbocycles. The van der Waals surface area contributed by atoms with Crippen molar-refractivity contribution >= 4 is 11.8 Å². The van der Waals surface area contributed by atoms with Crippen LogP contribution in [0.1, 0.15) is 54.4 Å². The van der Waals surface area contributed by atoms with Crippen molar-refractivity contribution in [3.8, 4) is 0 Å². The van der Waals surface area contributed by atoms with Gasteiger partial charge in [0, 0.05) is 31.6 Å². The van der Waals surface area contributed by atoms with E-state index in [9.17, 15) is 9.59 Å². The molecular weight excluding hydrogens is 364 g/mol. The first-order valence-electron chi connectivity index (χ1n) is 10.9. The Morgan fingerprint density at radius 2 is 1.72 bits per heavy atom. The normalized spacial score (nSPS) is 18.1. The first-order valence-corrected chi connectivity index (χ1v) is 10.9. The predicted octanol–water partition coefficient (Wildman–Crippen LogP) is 4.15. The second kappa shape index (κ2) is 9.29. The van der Waals surface area contributed by atoms with Crippen molar-refractivity contribution in [1.29, 1.82) is 0 Å². The molecule has 0 radical (unpaired) electrons. The van der Waals surface area contributed by atoms with Crippen molar-refractivity contribution in [1.82, 2.24) is 9.80 Å². The van der Waals surface area contributed by atoms with Gasteiger partial charge in [0.1, 0.15) is 6.26 Å². The zero-order valence-electron chi connectivity index (χ0n) is 17.0. The average Bonchev–Trinajstić information content (AvgIpc) is 3.49. The van der Waals surface area contributed by atoms with Gasteiger partial charge in [0.2, 0.25) is 5.91 Å². The summed E-state index contributed by atoms with van der Waals surface area (Å²) in [5.74, 6) is 0.324. The average molecular weight is 395 g/mol. The molecular formula is C24H30N2O3. The van der Waals surface area contributed by atoms with Crippen LogP contribution >= 0.6 is 0 Å². The minimum atomic E-state index is 0.00127. The van der Waals surface area contributed by atoms with Gasteiger partial charge in [0.25, 0.3) is 5.91 Å². The molecule has 1 saturated heterocycles. The number of hydrogen-bond donors (Lipinski definition) is 0. The van der Waals surface area contributed by atoms with Crippen molar-refractivity contribution in [3.05, 3.63) is 60.1 Å². The molecule has 2 fully saturated rings. The van der Waals surface area contributed by atoms with Crippen LogP contribution in [0.4, 0.5) is 0 Å². The minimum Gasteiger partial charge on any atom is -0.472 e. The van der Waals surface area contributed by atoms with Crippen molar-refractivity contribution in [2.75, 3.05) is 19.6 Å². The molecule has 29 heavy (non-hydrogen) atoms. The van der Waals surface area contributed by atoms with Crippen LogP contribution in [0, 0.1) is 5.92 Å². The van der Waals surface area contributed by atoms with Gasteiger partial charge in [-0.05, 0) is 43.7 Å². The van der Waals surface area contributed by atoms with E-state index in [0.29, 0.717) is 30.6 Å². The summed E-state index contributed by atoms with van der Waals surface area (Å²) in [5, 5.41) is 0. The van der Waals surface area contributed by atoms with Gasteiger partial charge in [0.05, 0.1) is 11.8 Å². The summed E-state index contributed by atoms with van der Waals surface area (Å²) < 4.78 is 5.03. The molecule has 0 N–H and O–H groups in total. The fourth-order valence-electron chi connectivity index (χ4n) is 4.72. The Bertz CT molecular complexity index is 789. The molecule has 2 heterocycles. The summed E-state index contributed by atoms with van der Waals surface area (Å²) >= 11 is 0. The Morgan fingerprint density at radius 1 is 1.00 bits per heavy atom. The van der Waals surface area contributed by atoms with E-state index in [2.05, 4.69) is 29.2 Å². The van der Waals surface area contributed by atoms with Crippen LogP contribution in [0.2, 0.25) is 0 Å². The van der Waals surface area contributed by atoms with E-state index < -0.39 is 0 Å². The summed E-state index contributed by atoms with van der Waals surface area (Å²) in [6.45, 7) is 2.07. The Hall–Kier alpha value is -2.56. The first kappa shape index (κ1) is 19.7. The summed E-state index contributed by atoms with van der Waals surface area (Å²) in [4.78, 5) is 29.9. The number of piperidine rings is 1. The van der Waals surface area contributed by atoms with Gasteiger partial charge in [-0.25, -0.2) is 0 Å². The van der Waals surface area contributed by atoms with Gasteiger partial charge in [-0.3, -0.25) is 9.59 Å². The van der Waals surface area contributed by atoms with Gasteiger partial charge >= 0.3 is 0 Å². The van der Waals surface area contributed by atoms with Gasteiger partial charge in [-0.15, -0.1) is 0 Å². The zero-order valence-corrected chi connectivity index (χ0v) is 17.0. The summed E-state index contributed by atoms with van der Waals surface area (Å²) in [6.07, 6.45) is 10.1. The lowest BCUT2D eigenvalue weighted by Crippen LogP contribution is -2.47. The lowest BCUT2D eigenvalue weighted by atomic mass is 9.93. The maximum absolute atomic E-state index is 13.4. The highest BCUT2D eigenvalue weighted by molar-refractivity contribution is 5.94. The number of hydrogen-bond acceptors (Lipinski definition) is 3. The van der Waals surface area contributed by atoms with E-state index in [1.165, 1.54) is 30.9 Å². The van der Waals surface area contributed by atoms with Crippen LogP contribution in [-0.2, 0) is 11.2 Å². The third-order valence-corrected chi connectivity index (χ3v) is 6.43. The lowest BCUT2D eigenvalue weighted by molar-refractivity contribution is -0.139. The highest BCUT2D eigenvalue weighted by atomic mass is 16.3. The second-order valence-corrected chi connectivity index (χ2v) is 8.28. The van der Waals surface area contributed by atoms with Crippen LogP contribution in [-0.4, -0.2) is 47.3 Å². The molecule has 1 aromatic heterocycles. The summed E-state index contributed by atoms with van der Waals surface area (Å²) in [7, 11) is 0. The third kappa shape index (κ3) is 4.72. The number of carbonyl (C=O) groups excluding carboxylic acids is 2. The Kier molecular flexibility index (Phi) is 6.33. The minimum absolute atomic E-state index is 0.00127. The van der Waals surface area contributed by atoms with Crippen LogP contribution in [0.15, 0.2) is 53.3 Å². The molecule has 5 heteroatoms. The van der Waals surface area contributed by atoms with Crippen molar-refractivity contribution in [3.63, 3.8) is 0 Å². The zero-order chi connectivity index (χ0) is 20.1. The highest BCUT2D eigenvalue weighted by Gasteiger charge is 2.34. The number of nitrogens with zero attached hydrogens (tertiary/aromatic N) is 2. The van der Waals surface area contributed by atoms with Crippen LogP contribution in [0.25, 0.3) is 0 Å². The molecule has 2 amide bonds. The molecule has 2 aromatic rings. The smallest absolute Gasteiger partial charge is 0.257 e. The monoisotopic (exact) mass is 394 g/mol. The standard InChI is InChI=1S/C24H30N2O3/c27-23(21-13-17-29-18-21)25-14-11-20(12-15-25)24(28)26(22-8-4-5-9-22)16-10-19-6-2-1-3-7-19/h1-3,6-7,13,17-18,20,22H,4-5,8-12,14-16H2. The van der Waals surface area contributed by atoms with E-state index in [1.807, 2.05) is 11.0 Å². The quantitative estimate of drug-likeness (QED) is 0.740. The molecule has 4 rings (SSSR count). The molecule has 0 atom stereocenters. The Balaban J connectivity index is 1.36. The SMILES string of the molecule is O=C(c1ccoc1)N1CCC(C(=O)N(CCc2ccccc2)C2CCCC2)CC1. The highest BCUT2D eigenvalue weighted by Crippen LogP contribution is 2.28. The topological polar surface area (TPSA) is 53.8 Å². The lowest BCUT2D eigenvalue weighted by Gasteiger charge is -2.36. The Labute approximate surface area is 172 Å². The van der Waals surface area contributed by atoms with Crippen LogP contribution in [0.3, 0.4) is 0 Å². The van der Waals surface area contributed by atoms with E-state index in [4.69, 9.17) is 4.42 Å². The van der Waals surface area contributed by atoms with Crippen molar-refractivity contribution < 1.29 is 14.0 Å². The molecule has 0 spiro atoms. The predicted molar refractivity (Wildman–Crippen MR) is 111 cm³/mol. The number of carbonyl (C=O) groups is 2. The van der Waals surface area contributed by atoms with Gasteiger partial charge in [0.15, 0.2) is 0 Å². The van der Waals surface area contributed by atoms with E-state index >= 15 is 0 Å². The molecule has 154 valence electrons. The number of likely N-dealkylation sites (tertiary alicyclic amines) is 1. The summed E-state index contributed by atoms with van der Waals surface area (Å²) in [5.41, 5.74) is 1.87. The largest absolute Gasteiger partial charge is 0.472 e. The summed E-state index contributed by atoms with van der Waals surface area (Å²) in [6, 6.07) is 12.5. The van der Waals surface area contributed by atoms with Crippen LogP contribution in [0.5, 0.6) is 0 Å². The van der Waals surface area contributed by atoms with E-state index in [-0.39, 0.29) is 11.8 Å². The van der Waals surface area contributed by atoms with Crippen molar-refractivity contribution in [2.24, 2.45) is 5.92 Å². The first-order chi connectivity index (χ1) is 14.2. The molecule has 0 unspecified atom stereocenters. The number of rotatable bonds is 6. The second-order valence-electron chi connectivity index (χ2n) is 8.28. The molecule has 1 aromatic carbocycles. The van der Waals surface area contributed by atoms with Crippen molar-refractivity contribution in [2.45, 2.75) is 51.0 Å². The van der Waals surface area contributed by atoms with Gasteiger partial charge in [-0.1, -0.05) is 43.2 Å². The van der Waals surface area contributed by atoms with E-state index in [1.54, 1.807) is 6.07 Å². The molecule has 0 bridgehead atoms. The molecule has 1 aliphatic heterocycles. The maximum Gasteiger partial charge on any atom is 0.257 e. The Morgan fingerprint density at radius 3 is 2.38 bits per heavy atom. The maximum atomic E-state index is 13.4. The fraction of sp³-hybridized carbons (Fsp3) is 0.500. The molecule has 2 aliphatic rings. The third-order valence-electron chi connectivity index (χ3n) is 6.43. The van der Waals surface area contributed by atoms with Gasteiger partial charge < -0.3 is 14.2 Å². The number of amides is 2. The fourth-order valence-corrected chi connectivity index (χ4v) is 4.72. The van der Waals surface area contributed by atoms with Gasteiger partial charge in [-0.2, -0.15) is 0 Å². The number of furan rings is 1. The number of benzene rings is 1. The molecule has 5 nitrogen and oxygen atoms in total.